The molecule has 0 bridgehead atoms. The second-order valence-corrected chi connectivity index (χ2v) is 9.44. The molecule has 1 aliphatic carbocycles. The largest absolute Gasteiger partial charge is 0.495 e. The van der Waals surface area contributed by atoms with E-state index in [2.05, 4.69) is 27.3 Å². The number of nitrogens with zero attached hydrogens (tertiary/aromatic N) is 3. The zero-order chi connectivity index (χ0) is 19.9. The molecule has 3 rings (SSSR count). The quantitative estimate of drug-likeness (QED) is 0.609. The maximum absolute atomic E-state index is 13.0. The molecule has 2 aromatic rings. The summed E-state index contributed by atoms with van der Waals surface area (Å²) in [5.74, 6) is 0.954. The summed E-state index contributed by atoms with van der Waals surface area (Å²) < 4.78 is 6.14. The minimum atomic E-state index is -0.172. The van der Waals surface area contributed by atoms with E-state index in [4.69, 9.17) is 4.74 Å². The first-order valence-corrected chi connectivity index (χ1v) is 11.5. The Morgan fingerprint density at radius 2 is 2.07 bits per heavy atom. The van der Waals surface area contributed by atoms with E-state index in [0.29, 0.717) is 11.2 Å². The molecule has 1 fully saturated rings. The number of benzene rings is 1. The Kier molecular flexibility index (Phi) is 7.56. The van der Waals surface area contributed by atoms with Gasteiger partial charge in [0.2, 0.25) is 11.0 Å². The average molecular weight is 421 g/mol. The molecule has 1 saturated carbocycles. The zero-order valence-electron chi connectivity index (χ0n) is 16.7. The summed E-state index contributed by atoms with van der Waals surface area (Å²) in [6.45, 7) is 4.81. The fourth-order valence-electron chi connectivity index (χ4n) is 3.59. The van der Waals surface area contributed by atoms with E-state index in [1.54, 1.807) is 7.11 Å². The highest BCUT2D eigenvalue weighted by molar-refractivity contribution is 8.02. The minimum absolute atomic E-state index is 0.172. The number of carbonyl (C=O) groups is 1. The van der Waals surface area contributed by atoms with Gasteiger partial charge in [0.25, 0.3) is 0 Å². The molecule has 1 atom stereocenters. The number of ether oxygens (including phenoxy) is 1. The standard InChI is InChI=1S/C20H28N4O2S2/c1-4-24(15-10-6-5-7-11-15)18(25)14(2)27-20-23-22-19(28-20)21-16-12-8-9-13-17(16)26-3/h8-9,12-15H,4-7,10-11H2,1-3H3,(H,21,22)/t14-/m0/s1. The van der Waals surface area contributed by atoms with Gasteiger partial charge in [-0.1, -0.05) is 54.5 Å². The lowest BCUT2D eigenvalue weighted by molar-refractivity contribution is -0.133. The maximum Gasteiger partial charge on any atom is 0.236 e. The predicted molar refractivity (Wildman–Crippen MR) is 116 cm³/mol. The summed E-state index contributed by atoms with van der Waals surface area (Å²) in [7, 11) is 1.64. The molecule has 1 N–H and O–H groups in total. The lowest BCUT2D eigenvalue weighted by atomic mass is 9.94. The molecule has 28 heavy (non-hydrogen) atoms. The van der Waals surface area contributed by atoms with Gasteiger partial charge in [0, 0.05) is 12.6 Å². The van der Waals surface area contributed by atoms with E-state index in [1.807, 2.05) is 31.2 Å². The third kappa shape index (κ3) is 5.17. The van der Waals surface area contributed by atoms with Crippen molar-refractivity contribution in [2.45, 2.75) is 61.6 Å². The van der Waals surface area contributed by atoms with Gasteiger partial charge in [-0.05, 0) is 38.8 Å². The van der Waals surface area contributed by atoms with Crippen LogP contribution < -0.4 is 10.1 Å². The van der Waals surface area contributed by atoms with Crippen LogP contribution in [0, 0.1) is 0 Å². The Bertz CT molecular complexity index is 777. The van der Waals surface area contributed by atoms with Crippen molar-refractivity contribution in [2.24, 2.45) is 0 Å². The van der Waals surface area contributed by atoms with Gasteiger partial charge < -0.3 is 15.0 Å². The predicted octanol–water partition coefficient (Wildman–Crippen LogP) is 4.95. The number of para-hydroxylation sites is 2. The third-order valence-electron chi connectivity index (χ3n) is 5.02. The number of carbonyl (C=O) groups excluding carboxylic acids is 1. The van der Waals surface area contributed by atoms with E-state index >= 15 is 0 Å². The van der Waals surface area contributed by atoms with Crippen molar-refractivity contribution in [1.82, 2.24) is 15.1 Å². The van der Waals surface area contributed by atoms with Crippen molar-refractivity contribution in [3.05, 3.63) is 24.3 Å². The van der Waals surface area contributed by atoms with Crippen LogP contribution in [-0.2, 0) is 4.79 Å². The van der Waals surface area contributed by atoms with Crippen molar-refractivity contribution in [3.8, 4) is 5.75 Å². The van der Waals surface area contributed by atoms with Crippen LogP contribution in [0.1, 0.15) is 46.0 Å². The van der Waals surface area contributed by atoms with Gasteiger partial charge >= 0.3 is 0 Å². The molecule has 0 aliphatic heterocycles. The Labute approximate surface area is 175 Å². The Morgan fingerprint density at radius 3 is 2.79 bits per heavy atom. The lowest BCUT2D eigenvalue weighted by Crippen LogP contribution is -2.44. The lowest BCUT2D eigenvalue weighted by Gasteiger charge is -2.35. The second kappa shape index (κ2) is 10.1. The number of methoxy groups -OCH3 is 1. The SMILES string of the molecule is CCN(C(=O)[C@H](C)Sc1nnc(Nc2ccccc2OC)s1)C1CCCCC1. The van der Waals surface area contributed by atoms with Crippen LogP contribution in [0.15, 0.2) is 28.6 Å². The summed E-state index contributed by atoms with van der Waals surface area (Å²) >= 11 is 2.93. The van der Waals surface area contributed by atoms with E-state index in [0.717, 1.165) is 35.2 Å². The molecular formula is C20H28N4O2S2. The average Bonchev–Trinajstić information content (AvgIpc) is 3.16. The normalized spacial score (nSPS) is 15.8. The highest BCUT2D eigenvalue weighted by atomic mass is 32.2. The van der Waals surface area contributed by atoms with Crippen LogP contribution in [0.4, 0.5) is 10.8 Å². The molecule has 0 saturated heterocycles. The van der Waals surface area contributed by atoms with Gasteiger partial charge in [0.05, 0.1) is 18.0 Å². The molecule has 1 amide bonds. The van der Waals surface area contributed by atoms with Crippen LogP contribution >= 0.6 is 23.1 Å². The number of aromatic nitrogens is 2. The monoisotopic (exact) mass is 420 g/mol. The number of rotatable bonds is 8. The minimum Gasteiger partial charge on any atom is -0.495 e. The first-order chi connectivity index (χ1) is 13.6. The highest BCUT2D eigenvalue weighted by Crippen LogP contribution is 2.34. The molecular weight excluding hydrogens is 392 g/mol. The molecule has 6 nitrogen and oxygen atoms in total. The van der Waals surface area contributed by atoms with E-state index in [-0.39, 0.29) is 11.2 Å². The van der Waals surface area contributed by atoms with Crippen LogP contribution in [0.2, 0.25) is 0 Å². The number of hydrogen-bond donors (Lipinski definition) is 1. The first kappa shape index (κ1) is 20.9. The smallest absolute Gasteiger partial charge is 0.236 e. The summed E-state index contributed by atoms with van der Waals surface area (Å²) in [4.78, 5) is 15.0. The van der Waals surface area contributed by atoms with E-state index < -0.39 is 0 Å². The number of thioether (sulfide) groups is 1. The van der Waals surface area contributed by atoms with E-state index in [9.17, 15) is 4.79 Å². The number of amides is 1. The van der Waals surface area contributed by atoms with Gasteiger partial charge in [-0.25, -0.2) is 0 Å². The molecule has 1 heterocycles. The zero-order valence-corrected chi connectivity index (χ0v) is 18.3. The molecule has 1 aliphatic rings. The summed E-state index contributed by atoms with van der Waals surface area (Å²) in [5, 5.41) is 12.2. The molecule has 0 unspecified atom stereocenters. The number of nitrogens with one attached hydrogen (secondary N) is 1. The van der Waals surface area contributed by atoms with Crippen LogP contribution in [0.5, 0.6) is 5.75 Å². The second-order valence-electron chi connectivity index (χ2n) is 6.87. The summed E-state index contributed by atoms with van der Waals surface area (Å²) in [6.07, 6.45) is 6.00. The van der Waals surface area contributed by atoms with Crippen molar-refractivity contribution in [2.75, 3.05) is 19.0 Å². The molecule has 0 spiro atoms. The van der Waals surface area contributed by atoms with Gasteiger partial charge in [-0.15, -0.1) is 10.2 Å². The molecule has 152 valence electrons. The maximum atomic E-state index is 13.0. The third-order valence-corrected chi connectivity index (χ3v) is 7.03. The van der Waals surface area contributed by atoms with Crippen LogP contribution in [0.3, 0.4) is 0 Å². The molecule has 1 aromatic carbocycles. The fourth-order valence-corrected chi connectivity index (χ4v) is 5.57. The summed E-state index contributed by atoms with van der Waals surface area (Å²) in [6, 6.07) is 8.08. The van der Waals surface area contributed by atoms with Gasteiger partial charge in [-0.3, -0.25) is 4.79 Å². The van der Waals surface area contributed by atoms with Crippen molar-refractivity contribution in [3.63, 3.8) is 0 Å². The van der Waals surface area contributed by atoms with E-state index in [1.165, 1.54) is 42.4 Å². The molecule has 0 radical (unpaired) electrons. The van der Waals surface area contributed by atoms with Gasteiger partial charge in [0.15, 0.2) is 4.34 Å². The molecule has 8 heteroatoms. The fraction of sp³-hybridized carbons (Fsp3) is 0.550. The Hall–Kier alpha value is -1.80. The molecule has 1 aromatic heterocycles. The van der Waals surface area contributed by atoms with Crippen LogP contribution in [-0.4, -0.2) is 46.0 Å². The number of anilines is 2. The Balaban J connectivity index is 1.61. The topological polar surface area (TPSA) is 67.4 Å². The van der Waals surface area contributed by atoms with Crippen molar-refractivity contribution < 1.29 is 9.53 Å². The van der Waals surface area contributed by atoms with Gasteiger partial charge in [0.1, 0.15) is 5.75 Å². The first-order valence-electron chi connectivity index (χ1n) is 9.83. The number of hydrogen-bond acceptors (Lipinski definition) is 7. The summed E-state index contributed by atoms with van der Waals surface area (Å²) in [5.41, 5.74) is 0.844. The van der Waals surface area contributed by atoms with Gasteiger partial charge in [-0.2, -0.15) is 0 Å². The Morgan fingerprint density at radius 1 is 1.32 bits per heavy atom. The van der Waals surface area contributed by atoms with Crippen molar-refractivity contribution >= 4 is 39.8 Å². The highest BCUT2D eigenvalue weighted by Gasteiger charge is 2.28. The van der Waals surface area contributed by atoms with Crippen molar-refractivity contribution in [1.29, 1.82) is 0 Å². The van der Waals surface area contributed by atoms with Crippen LogP contribution in [0.25, 0.3) is 0 Å².